The fraction of sp³-hybridized carbons (Fsp3) is 0.286. The molecular weight excluding hydrogens is 328 g/mol. The number of thiophene rings is 1. The van der Waals surface area contributed by atoms with Crippen molar-refractivity contribution in [2.24, 2.45) is 0 Å². The molecule has 102 valence electrons. The Hall–Kier alpha value is -1.04. The zero-order valence-electron chi connectivity index (χ0n) is 10.9. The minimum absolute atomic E-state index is 0.667. The Morgan fingerprint density at radius 2 is 1.68 bits per heavy atom. The molecule has 0 aliphatic rings. The summed E-state index contributed by atoms with van der Waals surface area (Å²) in [4.78, 5) is 1.08. The first-order valence-corrected chi connectivity index (χ1v) is 7.33. The van der Waals surface area contributed by atoms with Gasteiger partial charge in [0.1, 0.15) is 17.6 Å². The Bertz CT molecular complexity index is 558. The van der Waals surface area contributed by atoms with E-state index < -0.39 is 6.10 Å². The molecule has 5 heteroatoms. The molecule has 3 nitrogen and oxygen atoms in total. The summed E-state index contributed by atoms with van der Waals surface area (Å²) in [6.07, 6.45) is -0.688. The number of aliphatic hydroxyl groups is 1. The van der Waals surface area contributed by atoms with E-state index in [4.69, 9.17) is 9.47 Å². The molecule has 0 bridgehead atoms. The molecule has 0 spiro atoms. The number of halogens is 1. The zero-order chi connectivity index (χ0) is 14.0. The molecule has 2 aromatic rings. The van der Waals surface area contributed by atoms with E-state index in [0.29, 0.717) is 11.5 Å². The van der Waals surface area contributed by atoms with Gasteiger partial charge >= 0.3 is 0 Å². The van der Waals surface area contributed by atoms with Gasteiger partial charge < -0.3 is 14.6 Å². The summed E-state index contributed by atoms with van der Waals surface area (Å²) < 4.78 is 11.5. The predicted octanol–water partition coefficient (Wildman–Crippen LogP) is 3.92. The maximum absolute atomic E-state index is 10.5. The van der Waals surface area contributed by atoms with Crippen molar-refractivity contribution in [3.8, 4) is 11.5 Å². The van der Waals surface area contributed by atoms with Crippen LogP contribution >= 0.6 is 27.3 Å². The summed E-state index contributed by atoms with van der Waals surface area (Å²) in [6.45, 7) is 1.99. The summed E-state index contributed by atoms with van der Waals surface area (Å²) >= 11 is 5.04. The van der Waals surface area contributed by atoms with Crippen LogP contribution in [0.15, 0.2) is 28.1 Å². The molecule has 19 heavy (non-hydrogen) atoms. The van der Waals surface area contributed by atoms with Crippen molar-refractivity contribution in [2.45, 2.75) is 13.0 Å². The highest BCUT2D eigenvalue weighted by atomic mass is 79.9. The SMILES string of the molecule is COc1cc(OC)cc(C(O)c2cc(Br)sc2C)c1. The number of benzene rings is 1. The number of hydrogen-bond acceptors (Lipinski definition) is 4. The van der Waals surface area contributed by atoms with Gasteiger partial charge in [-0.2, -0.15) is 0 Å². The number of hydrogen-bond donors (Lipinski definition) is 1. The number of methoxy groups -OCH3 is 2. The highest BCUT2D eigenvalue weighted by Crippen LogP contribution is 2.36. The van der Waals surface area contributed by atoms with Crippen LogP contribution in [0.3, 0.4) is 0 Å². The maximum Gasteiger partial charge on any atom is 0.122 e. The van der Waals surface area contributed by atoms with Crippen molar-refractivity contribution in [3.05, 3.63) is 44.1 Å². The lowest BCUT2D eigenvalue weighted by Crippen LogP contribution is -2.01. The van der Waals surface area contributed by atoms with Crippen LogP contribution in [0, 0.1) is 6.92 Å². The van der Waals surface area contributed by atoms with Gasteiger partial charge in [-0.1, -0.05) is 0 Å². The number of aryl methyl sites for hydroxylation is 1. The van der Waals surface area contributed by atoms with Crippen molar-refractivity contribution >= 4 is 27.3 Å². The largest absolute Gasteiger partial charge is 0.497 e. The first-order valence-electron chi connectivity index (χ1n) is 5.72. The fourth-order valence-corrected chi connectivity index (χ4v) is 3.64. The van der Waals surface area contributed by atoms with Gasteiger partial charge in [0.2, 0.25) is 0 Å². The third kappa shape index (κ3) is 3.11. The lowest BCUT2D eigenvalue weighted by molar-refractivity contribution is 0.219. The molecule has 0 saturated heterocycles. The van der Waals surface area contributed by atoms with Gasteiger partial charge in [0.15, 0.2) is 0 Å². The molecule has 0 amide bonds. The lowest BCUT2D eigenvalue weighted by atomic mass is 10.0. The Balaban J connectivity index is 2.43. The molecule has 1 unspecified atom stereocenters. The van der Waals surface area contributed by atoms with Gasteiger partial charge in [0.25, 0.3) is 0 Å². The average molecular weight is 343 g/mol. The first kappa shape index (κ1) is 14.4. The minimum atomic E-state index is -0.688. The third-order valence-electron chi connectivity index (χ3n) is 2.91. The highest BCUT2D eigenvalue weighted by Gasteiger charge is 2.17. The summed E-state index contributed by atoms with van der Waals surface area (Å²) in [7, 11) is 3.19. The van der Waals surface area contributed by atoms with Gasteiger partial charge in [0, 0.05) is 10.9 Å². The third-order valence-corrected chi connectivity index (χ3v) is 4.48. The summed E-state index contributed by atoms with van der Waals surface area (Å²) in [5.74, 6) is 1.33. The van der Waals surface area contributed by atoms with Crippen LogP contribution in [0.1, 0.15) is 22.1 Å². The van der Waals surface area contributed by atoms with Crippen molar-refractivity contribution in [2.75, 3.05) is 14.2 Å². The van der Waals surface area contributed by atoms with Crippen molar-refractivity contribution in [1.29, 1.82) is 0 Å². The minimum Gasteiger partial charge on any atom is -0.497 e. The molecule has 0 aliphatic heterocycles. The van der Waals surface area contributed by atoms with Crippen molar-refractivity contribution in [3.63, 3.8) is 0 Å². The van der Waals surface area contributed by atoms with E-state index in [1.54, 1.807) is 31.6 Å². The van der Waals surface area contributed by atoms with Crippen LogP contribution in [0.4, 0.5) is 0 Å². The second kappa shape index (κ2) is 5.94. The van der Waals surface area contributed by atoms with E-state index >= 15 is 0 Å². The average Bonchev–Trinajstić information content (AvgIpc) is 2.76. The van der Waals surface area contributed by atoms with E-state index in [-0.39, 0.29) is 0 Å². The van der Waals surface area contributed by atoms with Gasteiger partial charge in [-0.15, -0.1) is 11.3 Å². The molecule has 0 aliphatic carbocycles. The van der Waals surface area contributed by atoms with Gasteiger partial charge in [0.05, 0.1) is 18.0 Å². The van der Waals surface area contributed by atoms with E-state index in [1.807, 2.05) is 25.1 Å². The van der Waals surface area contributed by atoms with E-state index in [9.17, 15) is 5.11 Å². The Morgan fingerprint density at radius 3 is 2.11 bits per heavy atom. The predicted molar refractivity (Wildman–Crippen MR) is 80.4 cm³/mol. The molecule has 1 aromatic heterocycles. The second-order valence-electron chi connectivity index (χ2n) is 4.11. The Morgan fingerprint density at radius 1 is 1.11 bits per heavy atom. The molecule has 0 fully saturated rings. The smallest absolute Gasteiger partial charge is 0.122 e. The van der Waals surface area contributed by atoms with Crippen molar-refractivity contribution in [1.82, 2.24) is 0 Å². The molecule has 2 rings (SSSR count). The van der Waals surface area contributed by atoms with Gasteiger partial charge in [-0.25, -0.2) is 0 Å². The van der Waals surface area contributed by atoms with Crippen LogP contribution in [0.2, 0.25) is 0 Å². The standard InChI is InChI=1S/C14H15BrO3S/c1-8-12(7-13(15)19-8)14(16)9-4-10(17-2)6-11(5-9)18-3/h4-7,14,16H,1-3H3. The molecular formula is C14H15BrO3S. The zero-order valence-corrected chi connectivity index (χ0v) is 13.3. The van der Waals surface area contributed by atoms with E-state index in [0.717, 1.165) is 19.8 Å². The van der Waals surface area contributed by atoms with E-state index in [2.05, 4.69) is 15.9 Å². The van der Waals surface area contributed by atoms with Crippen LogP contribution < -0.4 is 9.47 Å². The summed E-state index contributed by atoms with van der Waals surface area (Å²) in [6, 6.07) is 7.36. The van der Waals surface area contributed by atoms with Crippen molar-refractivity contribution < 1.29 is 14.6 Å². The lowest BCUT2D eigenvalue weighted by Gasteiger charge is -2.14. The Labute approximate surface area is 124 Å². The van der Waals surface area contributed by atoms with Crippen LogP contribution in [-0.2, 0) is 0 Å². The van der Waals surface area contributed by atoms with Crippen LogP contribution in [0.5, 0.6) is 11.5 Å². The molecule has 0 radical (unpaired) electrons. The Kier molecular flexibility index (Phi) is 4.50. The first-order chi connectivity index (χ1) is 9.05. The molecule has 0 saturated carbocycles. The van der Waals surface area contributed by atoms with Crippen LogP contribution in [0.25, 0.3) is 0 Å². The fourth-order valence-electron chi connectivity index (χ4n) is 1.90. The number of aliphatic hydroxyl groups excluding tert-OH is 1. The molecule has 1 aromatic carbocycles. The van der Waals surface area contributed by atoms with Gasteiger partial charge in [-0.05, 0) is 52.2 Å². The highest BCUT2D eigenvalue weighted by molar-refractivity contribution is 9.11. The van der Waals surface area contributed by atoms with Gasteiger partial charge in [-0.3, -0.25) is 0 Å². The normalized spacial score (nSPS) is 12.3. The number of rotatable bonds is 4. The molecule has 1 heterocycles. The topological polar surface area (TPSA) is 38.7 Å². The maximum atomic E-state index is 10.5. The summed E-state index contributed by atoms with van der Waals surface area (Å²) in [5, 5.41) is 10.5. The second-order valence-corrected chi connectivity index (χ2v) is 6.75. The molecule has 1 atom stereocenters. The molecule has 1 N–H and O–H groups in total. The van der Waals surface area contributed by atoms with Crippen LogP contribution in [-0.4, -0.2) is 19.3 Å². The van der Waals surface area contributed by atoms with E-state index in [1.165, 1.54) is 0 Å². The monoisotopic (exact) mass is 342 g/mol. The summed E-state index contributed by atoms with van der Waals surface area (Å²) in [5.41, 5.74) is 1.65. The quantitative estimate of drug-likeness (QED) is 0.915. The number of ether oxygens (including phenoxy) is 2.